The Labute approximate surface area is 174 Å². The quantitative estimate of drug-likeness (QED) is 0.465. The number of likely N-dealkylation sites (tertiary alicyclic amines) is 1. The molecule has 3 heterocycles. The Morgan fingerprint density at radius 1 is 1.30 bits per heavy atom. The molecule has 4 rings (SSSR count). The molecule has 0 spiro atoms. The van der Waals surface area contributed by atoms with Crippen molar-refractivity contribution in [2.24, 2.45) is 0 Å². The van der Waals surface area contributed by atoms with Crippen LogP contribution in [0.1, 0.15) is 35.7 Å². The molecule has 0 bridgehead atoms. The molecule has 2 aromatic rings. The fourth-order valence-electron chi connectivity index (χ4n) is 4.10. The summed E-state index contributed by atoms with van der Waals surface area (Å²) in [5.74, 6) is -0.904. The van der Waals surface area contributed by atoms with Crippen molar-refractivity contribution in [1.29, 1.82) is 0 Å². The molecular formula is C23H24N2O5. The molecule has 1 N–H and O–H groups in total. The first-order valence-corrected chi connectivity index (χ1v) is 9.97. The van der Waals surface area contributed by atoms with Crippen molar-refractivity contribution in [2.45, 2.75) is 31.9 Å². The SMILES string of the molecule is COc1ccc(/C(O)=C2/C(=O)C(=O)N(CC3CCCO3)C2c2ccccn2)cc1C. The minimum atomic E-state index is -0.766. The van der Waals surface area contributed by atoms with Gasteiger partial charge >= 0.3 is 0 Å². The van der Waals surface area contributed by atoms with Crippen LogP contribution >= 0.6 is 0 Å². The zero-order chi connectivity index (χ0) is 21.3. The lowest BCUT2D eigenvalue weighted by atomic mass is 9.97. The number of rotatable bonds is 5. The summed E-state index contributed by atoms with van der Waals surface area (Å²) in [4.78, 5) is 31.8. The van der Waals surface area contributed by atoms with Gasteiger partial charge in [-0.3, -0.25) is 14.6 Å². The third-order valence-corrected chi connectivity index (χ3v) is 5.60. The number of hydrogen-bond acceptors (Lipinski definition) is 6. The van der Waals surface area contributed by atoms with Crippen molar-refractivity contribution in [1.82, 2.24) is 9.88 Å². The highest BCUT2D eigenvalue weighted by Crippen LogP contribution is 2.39. The summed E-state index contributed by atoms with van der Waals surface area (Å²) in [5.41, 5.74) is 1.83. The number of ketones is 1. The van der Waals surface area contributed by atoms with Crippen LogP contribution in [0.15, 0.2) is 48.2 Å². The second kappa shape index (κ2) is 8.28. The second-order valence-electron chi connectivity index (χ2n) is 7.53. The van der Waals surface area contributed by atoms with Crippen LogP contribution in [0.5, 0.6) is 5.75 Å². The third-order valence-electron chi connectivity index (χ3n) is 5.60. The smallest absolute Gasteiger partial charge is 0.295 e. The van der Waals surface area contributed by atoms with Crippen LogP contribution in [0.4, 0.5) is 0 Å². The summed E-state index contributed by atoms with van der Waals surface area (Å²) in [7, 11) is 1.57. The number of aryl methyl sites for hydroxylation is 1. The molecule has 30 heavy (non-hydrogen) atoms. The lowest BCUT2D eigenvalue weighted by molar-refractivity contribution is -0.140. The fourth-order valence-corrected chi connectivity index (χ4v) is 4.10. The van der Waals surface area contributed by atoms with Gasteiger partial charge in [0, 0.05) is 24.9 Å². The van der Waals surface area contributed by atoms with Crippen molar-refractivity contribution in [3.05, 3.63) is 65.0 Å². The lowest BCUT2D eigenvalue weighted by Crippen LogP contribution is -2.36. The Hall–Kier alpha value is -3.19. The van der Waals surface area contributed by atoms with Crippen molar-refractivity contribution in [2.75, 3.05) is 20.3 Å². The molecule has 2 aliphatic rings. The van der Waals surface area contributed by atoms with E-state index in [-0.39, 0.29) is 24.0 Å². The number of aliphatic hydroxyl groups excluding tert-OH is 1. The standard InChI is InChI=1S/C23H24N2O5/c1-14-12-15(8-9-18(14)29-2)21(26)19-20(17-7-3-4-10-24-17)25(23(28)22(19)27)13-16-6-5-11-30-16/h3-4,7-10,12,16,20,26H,5-6,11,13H2,1-2H3/b21-19-. The first-order valence-electron chi connectivity index (χ1n) is 9.97. The van der Waals surface area contributed by atoms with Crippen LogP contribution in [-0.4, -0.2) is 53.0 Å². The summed E-state index contributed by atoms with van der Waals surface area (Å²) < 4.78 is 11.0. The van der Waals surface area contributed by atoms with Crippen molar-refractivity contribution >= 4 is 17.4 Å². The molecule has 1 aromatic carbocycles. The van der Waals surface area contributed by atoms with Crippen LogP contribution in [0.25, 0.3) is 5.76 Å². The number of hydrogen-bond donors (Lipinski definition) is 1. The van der Waals surface area contributed by atoms with Gasteiger partial charge < -0.3 is 19.5 Å². The maximum atomic E-state index is 13.0. The molecule has 2 atom stereocenters. The Morgan fingerprint density at radius 3 is 2.77 bits per heavy atom. The van der Waals surface area contributed by atoms with E-state index in [0.717, 1.165) is 18.4 Å². The summed E-state index contributed by atoms with van der Waals surface area (Å²) in [5, 5.41) is 11.1. The number of benzene rings is 1. The van der Waals surface area contributed by atoms with E-state index in [2.05, 4.69) is 4.98 Å². The Kier molecular flexibility index (Phi) is 5.55. The molecule has 0 saturated carbocycles. The Balaban J connectivity index is 1.81. The zero-order valence-electron chi connectivity index (χ0n) is 17.0. The molecule has 1 aromatic heterocycles. The van der Waals surface area contributed by atoms with Gasteiger partial charge in [-0.05, 0) is 55.7 Å². The highest BCUT2D eigenvalue weighted by molar-refractivity contribution is 6.46. The molecular weight excluding hydrogens is 384 g/mol. The molecule has 1 amide bonds. The predicted octanol–water partition coefficient (Wildman–Crippen LogP) is 3.00. The van der Waals surface area contributed by atoms with Crippen LogP contribution in [0.3, 0.4) is 0 Å². The molecule has 156 valence electrons. The third kappa shape index (κ3) is 3.57. The average molecular weight is 408 g/mol. The highest BCUT2D eigenvalue weighted by Gasteiger charge is 2.47. The van der Waals surface area contributed by atoms with Gasteiger partial charge in [0.25, 0.3) is 11.7 Å². The minimum absolute atomic E-state index is 0.0428. The summed E-state index contributed by atoms with van der Waals surface area (Å²) in [6.07, 6.45) is 3.24. The van der Waals surface area contributed by atoms with Crippen LogP contribution in [0.2, 0.25) is 0 Å². The largest absolute Gasteiger partial charge is 0.507 e. The van der Waals surface area contributed by atoms with Crippen molar-refractivity contribution in [3.63, 3.8) is 0 Å². The molecule has 7 heteroatoms. The summed E-state index contributed by atoms with van der Waals surface area (Å²) >= 11 is 0. The molecule has 7 nitrogen and oxygen atoms in total. The number of aromatic nitrogens is 1. The number of amides is 1. The monoisotopic (exact) mass is 408 g/mol. The van der Waals surface area contributed by atoms with Gasteiger partial charge in [-0.15, -0.1) is 0 Å². The topological polar surface area (TPSA) is 89.0 Å². The number of pyridine rings is 1. The van der Waals surface area contributed by atoms with Gasteiger partial charge in [0.15, 0.2) is 0 Å². The first-order chi connectivity index (χ1) is 14.5. The number of carbonyl (C=O) groups is 2. The van der Waals surface area contributed by atoms with Gasteiger partial charge in [-0.25, -0.2) is 0 Å². The van der Waals surface area contributed by atoms with E-state index in [1.807, 2.05) is 6.92 Å². The van der Waals surface area contributed by atoms with Gasteiger partial charge in [0.1, 0.15) is 17.6 Å². The lowest BCUT2D eigenvalue weighted by Gasteiger charge is -2.26. The number of carbonyl (C=O) groups excluding carboxylic acids is 2. The molecule has 0 aliphatic carbocycles. The van der Waals surface area contributed by atoms with E-state index < -0.39 is 17.7 Å². The summed E-state index contributed by atoms with van der Waals surface area (Å²) in [6.45, 7) is 2.78. The average Bonchev–Trinajstić information content (AvgIpc) is 3.36. The number of Topliss-reactive ketones (excluding diaryl/α,β-unsaturated/α-hetero) is 1. The van der Waals surface area contributed by atoms with Crippen molar-refractivity contribution < 1.29 is 24.2 Å². The van der Waals surface area contributed by atoms with Crippen LogP contribution in [0, 0.1) is 6.92 Å². The Morgan fingerprint density at radius 2 is 2.13 bits per heavy atom. The molecule has 2 unspecified atom stereocenters. The molecule has 0 radical (unpaired) electrons. The number of aliphatic hydroxyl groups is 1. The Bertz CT molecular complexity index is 996. The number of methoxy groups -OCH3 is 1. The van der Waals surface area contributed by atoms with Gasteiger partial charge in [0.2, 0.25) is 0 Å². The highest BCUT2D eigenvalue weighted by atomic mass is 16.5. The molecule has 2 aliphatic heterocycles. The van der Waals surface area contributed by atoms with E-state index in [0.29, 0.717) is 23.6 Å². The summed E-state index contributed by atoms with van der Waals surface area (Å²) in [6, 6.07) is 9.68. The second-order valence-corrected chi connectivity index (χ2v) is 7.53. The van der Waals surface area contributed by atoms with E-state index in [1.54, 1.807) is 49.7 Å². The van der Waals surface area contributed by atoms with E-state index in [4.69, 9.17) is 9.47 Å². The van der Waals surface area contributed by atoms with E-state index in [9.17, 15) is 14.7 Å². The first kappa shape index (κ1) is 20.1. The number of ether oxygens (including phenoxy) is 2. The van der Waals surface area contributed by atoms with Gasteiger partial charge in [0.05, 0.1) is 24.5 Å². The number of nitrogens with zero attached hydrogens (tertiary/aromatic N) is 2. The minimum Gasteiger partial charge on any atom is -0.507 e. The van der Waals surface area contributed by atoms with E-state index >= 15 is 0 Å². The fraction of sp³-hybridized carbons (Fsp3) is 0.348. The van der Waals surface area contributed by atoms with Crippen LogP contribution < -0.4 is 4.74 Å². The maximum absolute atomic E-state index is 13.0. The molecule has 2 fully saturated rings. The van der Waals surface area contributed by atoms with E-state index in [1.165, 1.54) is 4.90 Å². The van der Waals surface area contributed by atoms with Crippen molar-refractivity contribution in [3.8, 4) is 5.75 Å². The van der Waals surface area contributed by atoms with Gasteiger partial charge in [-0.2, -0.15) is 0 Å². The normalized spacial score (nSPS) is 23.2. The van der Waals surface area contributed by atoms with Crippen LogP contribution in [-0.2, 0) is 14.3 Å². The predicted molar refractivity (Wildman–Crippen MR) is 110 cm³/mol. The zero-order valence-corrected chi connectivity index (χ0v) is 17.0. The molecule has 2 saturated heterocycles. The maximum Gasteiger partial charge on any atom is 0.295 e. The van der Waals surface area contributed by atoms with Gasteiger partial charge in [-0.1, -0.05) is 6.07 Å².